The van der Waals surface area contributed by atoms with Crippen molar-refractivity contribution >= 4 is 17.3 Å². The molecule has 0 saturated heterocycles. The van der Waals surface area contributed by atoms with Crippen LogP contribution in [0.3, 0.4) is 0 Å². The molecule has 1 heterocycles. The number of halogens is 3. The largest absolute Gasteiger partial charge is 0.416 e. The molecule has 0 radical (unpaired) electrons. The van der Waals surface area contributed by atoms with Crippen LogP contribution in [0.1, 0.15) is 57.6 Å². The predicted molar refractivity (Wildman–Crippen MR) is 147 cm³/mol. The van der Waals surface area contributed by atoms with Gasteiger partial charge in [-0.1, -0.05) is 24.1 Å². The van der Waals surface area contributed by atoms with Crippen molar-refractivity contribution in [2.75, 3.05) is 12.4 Å². The number of amides is 1. The van der Waals surface area contributed by atoms with E-state index in [0.29, 0.717) is 29.4 Å². The summed E-state index contributed by atoms with van der Waals surface area (Å²) in [5.74, 6) is 5.01. The first-order chi connectivity index (χ1) is 18.3. The summed E-state index contributed by atoms with van der Waals surface area (Å²) in [4.78, 5) is 12.3. The average Bonchev–Trinajstić information content (AvgIpc) is 3.16. The lowest BCUT2D eigenvalue weighted by molar-refractivity contribution is -0.137. The monoisotopic (exact) mass is 543 g/mol. The topological polar surface area (TPSA) is 114 Å². The highest BCUT2D eigenvalue weighted by atomic mass is 19.4. The molecule has 6 N–H and O–H groups in total. The third-order valence-electron chi connectivity index (χ3n) is 6.48. The number of alkyl halides is 3. The Kier molecular flexibility index (Phi) is 9.76. The Morgan fingerprint density at radius 2 is 1.85 bits per heavy atom. The van der Waals surface area contributed by atoms with Gasteiger partial charge >= 0.3 is 6.18 Å². The van der Waals surface area contributed by atoms with Gasteiger partial charge in [-0.15, -0.1) is 0 Å². The number of rotatable bonds is 7. The van der Waals surface area contributed by atoms with E-state index in [1.54, 1.807) is 54.5 Å². The molecule has 4 rings (SSSR count). The molecular weight excluding hydrogens is 507 g/mol. The van der Waals surface area contributed by atoms with E-state index < -0.39 is 17.6 Å². The molecule has 8 nitrogen and oxygen atoms in total. The number of nitrogens with one attached hydrogen (secondary N) is 2. The summed E-state index contributed by atoms with van der Waals surface area (Å²) in [6, 6.07) is 10.9. The van der Waals surface area contributed by atoms with E-state index in [1.807, 2.05) is 20.9 Å². The highest BCUT2D eigenvalue weighted by Gasteiger charge is 2.31. The van der Waals surface area contributed by atoms with Crippen LogP contribution >= 0.6 is 0 Å². The summed E-state index contributed by atoms with van der Waals surface area (Å²) >= 11 is 0. The highest BCUT2D eigenvalue weighted by molar-refractivity contribution is 6.04. The Hall–Kier alpha value is -3.83. The van der Waals surface area contributed by atoms with Crippen LogP contribution < -0.4 is 22.2 Å². The summed E-state index contributed by atoms with van der Waals surface area (Å²) in [7, 11) is 3.59. The average molecular weight is 544 g/mol. The van der Waals surface area contributed by atoms with Crippen molar-refractivity contribution in [2.24, 2.45) is 18.6 Å². The lowest BCUT2D eigenvalue weighted by atomic mass is 9.93. The first kappa shape index (κ1) is 29.7. The maximum atomic E-state index is 13.2. The van der Waals surface area contributed by atoms with Gasteiger partial charge in [-0.2, -0.15) is 18.3 Å². The SMILES string of the molecule is Cc1c(/C(N)=C/N(C)N)cnn1C.Cc1ccc(C(=O)Nc2cc(CNC3CCC3)cc(C(F)(F)F)c2)cc1. The maximum Gasteiger partial charge on any atom is 0.416 e. The quantitative estimate of drug-likeness (QED) is 0.254. The molecule has 0 spiro atoms. The molecule has 3 aromatic rings. The summed E-state index contributed by atoms with van der Waals surface area (Å²) < 4.78 is 41.4. The van der Waals surface area contributed by atoms with Crippen molar-refractivity contribution in [1.29, 1.82) is 0 Å². The fraction of sp³-hybridized carbons (Fsp3) is 0.357. The van der Waals surface area contributed by atoms with E-state index in [9.17, 15) is 18.0 Å². The highest BCUT2D eigenvalue weighted by Crippen LogP contribution is 2.32. The van der Waals surface area contributed by atoms with Gasteiger partial charge in [0.15, 0.2) is 0 Å². The number of benzene rings is 2. The van der Waals surface area contributed by atoms with Gasteiger partial charge in [-0.05, 0) is 62.6 Å². The number of carbonyl (C=O) groups excluding carboxylic acids is 1. The first-order valence-electron chi connectivity index (χ1n) is 12.6. The molecule has 1 aliphatic carbocycles. The Labute approximate surface area is 226 Å². The van der Waals surface area contributed by atoms with E-state index in [2.05, 4.69) is 15.7 Å². The van der Waals surface area contributed by atoms with Gasteiger partial charge in [0.25, 0.3) is 5.91 Å². The fourth-order valence-electron chi connectivity index (χ4n) is 3.88. The van der Waals surface area contributed by atoms with Gasteiger partial charge < -0.3 is 21.4 Å². The van der Waals surface area contributed by atoms with Crippen LogP contribution in [0.4, 0.5) is 18.9 Å². The molecule has 0 atom stereocenters. The second-order valence-electron chi connectivity index (χ2n) is 9.76. The van der Waals surface area contributed by atoms with Crippen molar-refractivity contribution in [3.63, 3.8) is 0 Å². The third-order valence-corrected chi connectivity index (χ3v) is 6.48. The number of aryl methyl sites for hydroxylation is 2. The molecule has 2 aromatic carbocycles. The van der Waals surface area contributed by atoms with Gasteiger partial charge in [-0.3, -0.25) is 9.48 Å². The number of hydrazine groups is 1. The molecule has 1 fully saturated rings. The minimum absolute atomic E-state index is 0.149. The third kappa shape index (κ3) is 8.59. The zero-order valence-electron chi connectivity index (χ0n) is 22.6. The second kappa shape index (κ2) is 12.8. The van der Waals surface area contributed by atoms with Crippen molar-refractivity contribution in [3.8, 4) is 0 Å². The van der Waals surface area contributed by atoms with Crippen LogP contribution in [0, 0.1) is 13.8 Å². The lowest BCUT2D eigenvalue weighted by Gasteiger charge is -2.26. The lowest BCUT2D eigenvalue weighted by Crippen LogP contribution is -2.34. The van der Waals surface area contributed by atoms with Gasteiger partial charge in [0.1, 0.15) is 0 Å². The molecule has 210 valence electrons. The Morgan fingerprint density at radius 3 is 2.36 bits per heavy atom. The predicted octanol–water partition coefficient (Wildman–Crippen LogP) is 4.70. The van der Waals surface area contributed by atoms with E-state index in [0.717, 1.165) is 48.2 Å². The number of anilines is 1. The number of aromatic nitrogens is 2. The summed E-state index contributed by atoms with van der Waals surface area (Å²) in [6.45, 7) is 4.21. The molecule has 0 unspecified atom stereocenters. The zero-order chi connectivity index (χ0) is 28.7. The molecule has 1 aromatic heterocycles. The minimum atomic E-state index is -4.46. The Bertz CT molecular complexity index is 1290. The summed E-state index contributed by atoms with van der Waals surface area (Å²) in [6.07, 6.45) is 2.18. The van der Waals surface area contributed by atoms with E-state index in [1.165, 1.54) is 5.01 Å². The molecular formula is C28H36F3N7O. The number of nitrogens with two attached hydrogens (primary N) is 2. The zero-order valence-corrected chi connectivity index (χ0v) is 22.6. The van der Waals surface area contributed by atoms with Gasteiger partial charge in [0.05, 0.1) is 17.5 Å². The Morgan fingerprint density at radius 1 is 1.18 bits per heavy atom. The van der Waals surface area contributed by atoms with Crippen LogP contribution in [0.5, 0.6) is 0 Å². The van der Waals surface area contributed by atoms with E-state index >= 15 is 0 Å². The second-order valence-corrected chi connectivity index (χ2v) is 9.76. The van der Waals surface area contributed by atoms with Crippen LogP contribution in [0.25, 0.3) is 5.70 Å². The number of nitrogens with zero attached hydrogens (tertiary/aromatic N) is 3. The first-order valence-corrected chi connectivity index (χ1v) is 12.6. The van der Waals surface area contributed by atoms with Crippen LogP contribution in [-0.4, -0.2) is 33.8 Å². The smallest absolute Gasteiger partial charge is 0.397 e. The molecule has 39 heavy (non-hydrogen) atoms. The number of carbonyl (C=O) groups is 1. The van der Waals surface area contributed by atoms with Crippen molar-refractivity contribution in [2.45, 2.75) is 51.9 Å². The van der Waals surface area contributed by atoms with Crippen LogP contribution in [0.2, 0.25) is 0 Å². The Balaban J connectivity index is 0.000000272. The molecule has 11 heteroatoms. The van der Waals surface area contributed by atoms with Gasteiger partial charge in [-0.25, -0.2) is 5.84 Å². The molecule has 1 amide bonds. The van der Waals surface area contributed by atoms with Gasteiger partial charge in [0.2, 0.25) is 0 Å². The van der Waals surface area contributed by atoms with Crippen LogP contribution in [0.15, 0.2) is 54.9 Å². The fourth-order valence-corrected chi connectivity index (χ4v) is 3.88. The van der Waals surface area contributed by atoms with E-state index in [4.69, 9.17) is 11.6 Å². The number of hydrogen-bond acceptors (Lipinski definition) is 6. The van der Waals surface area contributed by atoms with Crippen molar-refractivity contribution in [3.05, 3.63) is 88.4 Å². The standard InChI is InChI=1S/C20H21F3N2O.C8H15N5/c1-13-5-7-15(8-6-13)19(26)25-18-10-14(12-24-17-3-2-4-17)9-16(11-18)20(21,22)23;1-6-7(4-11-13(6)3)8(9)5-12(2)10/h5-11,17,24H,2-4,12H2,1H3,(H,25,26);4-5H,9-10H2,1-3H3/b;8-5-. The maximum absolute atomic E-state index is 13.2. The summed E-state index contributed by atoms with van der Waals surface area (Å²) in [5, 5.41) is 11.3. The van der Waals surface area contributed by atoms with Crippen LogP contribution in [-0.2, 0) is 19.8 Å². The summed E-state index contributed by atoms with van der Waals surface area (Å²) in [5.41, 5.74) is 9.66. The molecule has 0 aliphatic heterocycles. The van der Waals surface area contributed by atoms with E-state index in [-0.39, 0.29) is 5.69 Å². The van der Waals surface area contributed by atoms with Crippen molar-refractivity contribution < 1.29 is 18.0 Å². The van der Waals surface area contributed by atoms with Gasteiger partial charge in [0, 0.05) is 55.4 Å². The van der Waals surface area contributed by atoms with Crippen molar-refractivity contribution in [1.82, 2.24) is 20.1 Å². The minimum Gasteiger partial charge on any atom is -0.397 e. The molecule has 1 aliphatic rings. The molecule has 1 saturated carbocycles. The number of hydrogen-bond donors (Lipinski definition) is 4. The molecule has 0 bridgehead atoms. The normalized spacial score (nSPS) is 13.8.